The number of aryl methyl sites for hydroxylation is 1. The standard InChI is InChI=1S/C16H15F3N2O2S/c1-10-5-6-24-14(10)15(23)21(9-13(20)22)8-11-3-2-4-12(7-11)16(17,18)19/h2-7H,8-9H2,1H3,(H2,20,22). The highest BCUT2D eigenvalue weighted by Crippen LogP contribution is 2.30. The third-order valence-corrected chi connectivity index (χ3v) is 4.32. The van der Waals surface area contributed by atoms with Crippen LogP contribution in [0.1, 0.15) is 26.4 Å². The van der Waals surface area contributed by atoms with Crippen LogP contribution in [0, 0.1) is 6.92 Å². The Labute approximate surface area is 140 Å². The summed E-state index contributed by atoms with van der Waals surface area (Å²) < 4.78 is 38.4. The van der Waals surface area contributed by atoms with Crippen molar-refractivity contribution in [2.45, 2.75) is 19.6 Å². The minimum atomic E-state index is -4.47. The Bertz CT molecular complexity index is 756. The molecule has 0 fully saturated rings. The molecule has 1 aromatic carbocycles. The van der Waals surface area contributed by atoms with Gasteiger partial charge < -0.3 is 10.6 Å². The zero-order valence-electron chi connectivity index (χ0n) is 12.8. The van der Waals surface area contributed by atoms with E-state index in [1.54, 1.807) is 18.4 Å². The fourth-order valence-corrected chi connectivity index (χ4v) is 3.08. The summed E-state index contributed by atoms with van der Waals surface area (Å²) in [6, 6.07) is 6.40. The summed E-state index contributed by atoms with van der Waals surface area (Å²) in [6.07, 6.45) is -4.47. The first kappa shape index (κ1) is 18.0. The molecule has 2 N–H and O–H groups in total. The van der Waals surface area contributed by atoms with Gasteiger partial charge in [-0.25, -0.2) is 0 Å². The van der Waals surface area contributed by atoms with E-state index < -0.39 is 23.6 Å². The molecule has 8 heteroatoms. The van der Waals surface area contributed by atoms with Crippen LogP contribution in [0.15, 0.2) is 35.7 Å². The van der Waals surface area contributed by atoms with Gasteiger partial charge in [-0.15, -0.1) is 11.3 Å². The van der Waals surface area contributed by atoms with Crippen LogP contribution in [-0.2, 0) is 17.5 Å². The zero-order valence-corrected chi connectivity index (χ0v) is 13.6. The Kier molecular flexibility index (Phi) is 5.28. The Balaban J connectivity index is 2.28. The third-order valence-electron chi connectivity index (χ3n) is 3.32. The van der Waals surface area contributed by atoms with E-state index in [9.17, 15) is 22.8 Å². The van der Waals surface area contributed by atoms with Crippen LogP contribution in [0.4, 0.5) is 13.2 Å². The number of nitrogens with zero attached hydrogens (tertiary/aromatic N) is 1. The number of alkyl halides is 3. The number of benzene rings is 1. The van der Waals surface area contributed by atoms with Crippen LogP contribution >= 0.6 is 11.3 Å². The normalized spacial score (nSPS) is 11.3. The lowest BCUT2D eigenvalue weighted by molar-refractivity contribution is -0.137. The van der Waals surface area contributed by atoms with Crippen molar-refractivity contribution in [3.63, 3.8) is 0 Å². The number of hydrogen-bond donors (Lipinski definition) is 1. The van der Waals surface area contributed by atoms with Crippen LogP contribution in [0.3, 0.4) is 0 Å². The van der Waals surface area contributed by atoms with E-state index in [4.69, 9.17) is 5.73 Å². The molecule has 0 spiro atoms. The van der Waals surface area contributed by atoms with E-state index in [2.05, 4.69) is 0 Å². The molecule has 2 aromatic rings. The molecule has 128 valence electrons. The molecule has 0 unspecified atom stereocenters. The summed E-state index contributed by atoms with van der Waals surface area (Å²) in [6.45, 7) is 1.24. The molecular weight excluding hydrogens is 341 g/mol. The number of thiophene rings is 1. The molecule has 0 aliphatic carbocycles. The smallest absolute Gasteiger partial charge is 0.368 e. The van der Waals surface area contributed by atoms with Crippen LogP contribution in [-0.4, -0.2) is 23.3 Å². The van der Waals surface area contributed by atoms with Crippen LogP contribution in [0.2, 0.25) is 0 Å². The minimum absolute atomic E-state index is 0.136. The molecule has 0 radical (unpaired) electrons. The van der Waals surface area contributed by atoms with Crippen molar-refractivity contribution in [1.82, 2.24) is 4.90 Å². The molecule has 0 aliphatic rings. The maximum absolute atomic E-state index is 12.8. The summed E-state index contributed by atoms with van der Waals surface area (Å²) in [4.78, 5) is 25.4. The first-order valence-electron chi connectivity index (χ1n) is 6.96. The minimum Gasteiger partial charge on any atom is -0.368 e. The Morgan fingerprint density at radius 1 is 1.25 bits per heavy atom. The summed E-state index contributed by atoms with van der Waals surface area (Å²) in [5.41, 5.74) is 5.37. The van der Waals surface area contributed by atoms with Crippen molar-refractivity contribution in [3.05, 3.63) is 57.3 Å². The summed E-state index contributed by atoms with van der Waals surface area (Å²) in [7, 11) is 0. The molecule has 0 aliphatic heterocycles. The number of halogens is 3. The summed E-state index contributed by atoms with van der Waals surface area (Å²) >= 11 is 1.21. The second kappa shape index (κ2) is 7.04. The second-order valence-electron chi connectivity index (χ2n) is 5.26. The molecule has 0 bridgehead atoms. The third kappa shape index (κ3) is 4.35. The summed E-state index contributed by atoms with van der Waals surface area (Å²) in [5, 5.41) is 1.73. The van der Waals surface area contributed by atoms with Gasteiger partial charge in [0.2, 0.25) is 5.91 Å². The molecule has 2 rings (SSSR count). The van der Waals surface area contributed by atoms with Gasteiger partial charge in [0.05, 0.1) is 10.4 Å². The van der Waals surface area contributed by atoms with Gasteiger partial charge in [0.15, 0.2) is 0 Å². The van der Waals surface area contributed by atoms with E-state index in [0.717, 1.165) is 22.6 Å². The van der Waals surface area contributed by atoms with E-state index >= 15 is 0 Å². The van der Waals surface area contributed by atoms with E-state index in [1.807, 2.05) is 0 Å². The SMILES string of the molecule is Cc1ccsc1C(=O)N(CC(N)=O)Cc1cccc(C(F)(F)F)c1. The Morgan fingerprint density at radius 3 is 2.50 bits per heavy atom. The van der Waals surface area contributed by atoms with E-state index in [0.29, 0.717) is 4.88 Å². The van der Waals surface area contributed by atoms with Crippen molar-refractivity contribution in [3.8, 4) is 0 Å². The van der Waals surface area contributed by atoms with Gasteiger partial charge >= 0.3 is 6.18 Å². The molecular formula is C16H15F3N2O2S. The van der Waals surface area contributed by atoms with Gasteiger partial charge in [-0.05, 0) is 41.6 Å². The predicted octanol–water partition coefficient (Wildman–Crippen LogP) is 3.20. The predicted molar refractivity (Wildman–Crippen MR) is 84.4 cm³/mol. The average molecular weight is 356 g/mol. The first-order valence-corrected chi connectivity index (χ1v) is 7.84. The fourth-order valence-electron chi connectivity index (χ4n) is 2.19. The Hall–Kier alpha value is -2.35. The lowest BCUT2D eigenvalue weighted by atomic mass is 10.1. The Morgan fingerprint density at radius 2 is 1.96 bits per heavy atom. The molecule has 1 aromatic heterocycles. The van der Waals surface area contributed by atoms with Crippen molar-refractivity contribution in [2.24, 2.45) is 5.73 Å². The lowest BCUT2D eigenvalue weighted by Crippen LogP contribution is -2.38. The van der Waals surface area contributed by atoms with Gasteiger partial charge in [0.1, 0.15) is 6.54 Å². The number of hydrogen-bond acceptors (Lipinski definition) is 3. The monoisotopic (exact) mass is 356 g/mol. The quantitative estimate of drug-likeness (QED) is 0.894. The van der Waals surface area contributed by atoms with E-state index in [1.165, 1.54) is 23.5 Å². The van der Waals surface area contributed by atoms with Crippen LogP contribution < -0.4 is 5.73 Å². The average Bonchev–Trinajstić information content (AvgIpc) is 2.91. The molecule has 24 heavy (non-hydrogen) atoms. The maximum Gasteiger partial charge on any atom is 0.416 e. The molecule has 0 saturated heterocycles. The number of carbonyl (C=O) groups excluding carboxylic acids is 2. The first-order chi connectivity index (χ1) is 11.2. The van der Waals surface area contributed by atoms with Gasteiger partial charge in [-0.2, -0.15) is 13.2 Å². The second-order valence-corrected chi connectivity index (χ2v) is 6.17. The fraction of sp³-hybridized carbons (Fsp3) is 0.250. The van der Waals surface area contributed by atoms with Crippen molar-refractivity contribution >= 4 is 23.2 Å². The maximum atomic E-state index is 12.8. The number of primary amides is 1. The molecule has 0 saturated carbocycles. The zero-order chi connectivity index (χ0) is 17.9. The topological polar surface area (TPSA) is 63.4 Å². The van der Waals surface area contributed by atoms with Crippen LogP contribution in [0.25, 0.3) is 0 Å². The van der Waals surface area contributed by atoms with Crippen molar-refractivity contribution in [1.29, 1.82) is 0 Å². The lowest BCUT2D eigenvalue weighted by Gasteiger charge is -2.21. The van der Waals surface area contributed by atoms with Gasteiger partial charge in [0.25, 0.3) is 5.91 Å². The number of carbonyl (C=O) groups is 2. The highest BCUT2D eigenvalue weighted by Gasteiger charge is 2.30. The number of rotatable bonds is 5. The van der Waals surface area contributed by atoms with Gasteiger partial charge in [-0.1, -0.05) is 12.1 Å². The van der Waals surface area contributed by atoms with Crippen LogP contribution in [0.5, 0.6) is 0 Å². The molecule has 2 amide bonds. The molecule has 4 nitrogen and oxygen atoms in total. The van der Waals surface area contributed by atoms with Gasteiger partial charge in [0, 0.05) is 6.54 Å². The van der Waals surface area contributed by atoms with Crippen molar-refractivity contribution < 1.29 is 22.8 Å². The van der Waals surface area contributed by atoms with Crippen molar-refractivity contribution in [2.75, 3.05) is 6.54 Å². The highest BCUT2D eigenvalue weighted by atomic mass is 32.1. The van der Waals surface area contributed by atoms with Gasteiger partial charge in [-0.3, -0.25) is 9.59 Å². The largest absolute Gasteiger partial charge is 0.416 e. The number of nitrogens with two attached hydrogens (primary N) is 1. The summed E-state index contributed by atoms with van der Waals surface area (Å²) in [5.74, 6) is -1.16. The molecule has 1 heterocycles. The molecule has 0 atom stereocenters. The number of amides is 2. The highest BCUT2D eigenvalue weighted by molar-refractivity contribution is 7.12. The van der Waals surface area contributed by atoms with E-state index in [-0.39, 0.29) is 18.7 Å².